The van der Waals surface area contributed by atoms with Crippen molar-refractivity contribution in [1.29, 1.82) is 0 Å². The van der Waals surface area contributed by atoms with Crippen molar-refractivity contribution in [3.8, 4) is 11.5 Å². The highest BCUT2D eigenvalue weighted by Crippen LogP contribution is 2.45. The van der Waals surface area contributed by atoms with Crippen LogP contribution in [0, 0.1) is 6.92 Å². The minimum atomic E-state index is -3.61. The zero-order valence-corrected chi connectivity index (χ0v) is 24.5. The fourth-order valence-electron chi connectivity index (χ4n) is 5.29. The molecule has 2 aromatic carbocycles. The standard InChI is InChI=1S/C30H39N2O7P/c1-5-24-20(3)26-17-37-30(35)27(26)28(33)25(24)12-11-19(2)18-40(36,39-23-9-7-6-8-10-23)32-21(4)29(34)38-22-13-15-31-16-14-22/h6-11,21-22,31,33H,5,12-18H2,1-4H3,(H,32,36)/b19-11+. The van der Waals surface area contributed by atoms with Crippen molar-refractivity contribution in [2.45, 2.75) is 72.1 Å². The lowest BCUT2D eigenvalue weighted by Crippen LogP contribution is -2.40. The summed E-state index contributed by atoms with van der Waals surface area (Å²) in [5.74, 6) is -0.622. The minimum Gasteiger partial charge on any atom is -0.507 e. The van der Waals surface area contributed by atoms with E-state index in [-0.39, 0.29) is 30.2 Å². The molecule has 2 heterocycles. The number of benzene rings is 2. The molecule has 40 heavy (non-hydrogen) atoms. The molecule has 1 saturated heterocycles. The quantitative estimate of drug-likeness (QED) is 0.195. The maximum atomic E-state index is 14.1. The number of carbonyl (C=O) groups is 2. The number of rotatable bonds is 11. The van der Waals surface area contributed by atoms with Crippen molar-refractivity contribution < 1.29 is 33.3 Å². The minimum absolute atomic E-state index is 0.0288. The van der Waals surface area contributed by atoms with Crippen LogP contribution in [0.25, 0.3) is 0 Å². The summed E-state index contributed by atoms with van der Waals surface area (Å²) >= 11 is 0. The third kappa shape index (κ3) is 6.95. The first-order chi connectivity index (χ1) is 19.1. The van der Waals surface area contributed by atoms with E-state index in [1.807, 2.05) is 32.9 Å². The van der Waals surface area contributed by atoms with Gasteiger partial charge in [0.1, 0.15) is 35.8 Å². The summed E-state index contributed by atoms with van der Waals surface area (Å²) in [6.07, 6.45) is 4.23. The molecule has 10 heteroatoms. The zero-order valence-electron chi connectivity index (χ0n) is 23.6. The first kappa shape index (κ1) is 29.8. The Hall–Kier alpha value is -3.13. The number of fused-ring (bicyclic) bond motifs is 1. The van der Waals surface area contributed by atoms with Crippen LogP contribution >= 0.6 is 7.52 Å². The van der Waals surface area contributed by atoms with Crippen molar-refractivity contribution in [2.24, 2.45) is 0 Å². The van der Waals surface area contributed by atoms with E-state index in [2.05, 4.69) is 10.4 Å². The molecule has 0 bridgehead atoms. The van der Waals surface area contributed by atoms with Crippen LogP contribution in [0.4, 0.5) is 0 Å². The largest absolute Gasteiger partial charge is 0.507 e. The number of aromatic hydroxyl groups is 1. The van der Waals surface area contributed by atoms with E-state index in [9.17, 15) is 19.3 Å². The molecule has 1 fully saturated rings. The molecule has 9 nitrogen and oxygen atoms in total. The first-order valence-corrected chi connectivity index (χ1v) is 15.6. The first-order valence-electron chi connectivity index (χ1n) is 13.8. The van der Waals surface area contributed by atoms with Gasteiger partial charge in [-0.1, -0.05) is 36.8 Å². The van der Waals surface area contributed by atoms with Crippen molar-refractivity contribution >= 4 is 19.5 Å². The van der Waals surface area contributed by atoms with E-state index in [0.29, 0.717) is 24.2 Å². The van der Waals surface area contributed by atoms with E-state index in [1.165, 1.54) is 0 Å². The third-order valence-electron chi connectivity index (χ3n) is 7.42. The van der Waals surface area contributed by atoms with Crippen LogP contribution in [0.1, 0.15) is 66.2 Å². The maximum absolute atomic E-state index is 14.1. The van der Waals surface area contributed by atoms with Crippen molar-refractivity contribution in [3.63, 3.8) is 0 Å². The number of nitrogens with one attached hydrogen (secondary N) is 2. The van der Waals surface area contributed by atoms with Gasteiger partial charge in [-0.15, -0.1) is 0 Å². The molecule has 2 aliphatic rings. The van der Waals surface area contributed by atoms with E-state index >= 15 is 0 Å². The molecule has 2 unspecified atom stereocenters. The van der Waals surface area contributed by atoms with Gasteiger partial charge in [0, 0.05) is 11.1 Å². The molecule has 4 rings (SSSR count). The van der Waals surface area contributed by atoms with E-state index in [1.54, 1.807) is 31.2 Å². The summed E-state index contributed by atoms with van der Waals surface area (Å²) in [5, 5.41) is 17.2. The third-order valence-corrected chi connectivity index (χ3v) is 9.62. The monoisotopic (exact) mass is 570 g/mol. The van der Waals surface area contributed by atoms with E-state index in [4.69, 9.17) is 14.0 Å². The molecule has 216 valence electrons. The molecule has 3 N–H and O–H groups in total. The Morgan fingerprint density at radius 2 is 1.95 bits per heavy atom. The Bertz CT molecular complexity index is 1320. The van der Waals surface area contributed by atoms with Crippen molar-refractivity contribution in [2.75, 3.05) is 19.3 Å². The van der Waals surface area contributed by atoms with Gasteiger partial charge in [-0.2, -0.15) is 0 Å². The lowest BCUT2D eigenvalue weighted by molar-refractivity contribution is -0.151. The molecule has 2 aromatic rings. The van der Waals surface area contributed by atoms with Crippen LogP contribution in [0.2, 0.25) is 0 Å². The van der Waals surface area contributed by atoms with Gasteiger partial charge in [-0.05, 0) is 82.8 Å². The van der Waals surface area contributed by atoms with Gasteiger partial charge in [0.15, 0.2) is 0 Å². The van der Waals surface area contributed by atoms with Crippen molar-refractivity contribution in [3.05, 3.63) is 69.8 Å². The lowest BCUT2D eigenvalue weighted by Gasteiger charge is -2.27. The maximum Gasteiger partial charge on any atom is 0.342 e. The predicted octanol–water partition coefficient (Wildman–Crippen LogP) is 4.97. The lowest BCUT2D eigenvalue weighted by atomic mass is 9.89. The average molecular weight is 571 g/mol. The SMILES string of the molecule is CCc1c(C)c2c(c(O)c1C/C=C(\C)CP(=O)(NC(C)C(=O)OC1CCNCC1)Oc1ccccc1)C(=O)OC2. The number of phenols is 1. The molecular weight excluding hydrogens is 531 g/mol. The van der Waals surface area contributed by atoms with Crippen LogP contribution in [0.5, 0.6) is 11.5 Å². The highest BCUT2D eigenvalue weighted by Gasteiger charge is 2.33. The zero-order chi connectivity index (χ0) is 28.9. The Balaban J connectivity index is 1.54. The summed E-state index contributed by atoms with van der Waals surface area (Å²) in [5.41, 5.74) is 4.28. The van der Waals surface area contributed by atoms with Gasteiger partial charge in [0.05, 0.1) is 6.16 Å². The van der Waals surface area contributed by atoms with E-state index in [0.717, 1.165) is 48.2 Å². The Labute approximate surface area is 235 Å². The number of hydrogen-bond donors (Lipinski definition) is 3. The number of cyclic esters (lactones) is 1. The molecule has 0 radical (unpaired) electrons. The molecule has 0 saturated carbocycles. The smallest absolute Gasteiger partial charge is 0.342 e. The van der Waals surface area contributed by atoms with Crippen LogP contribution < -0.4 is 14.9 Å². The summed E-state index contributed by atoms with van der Waals surface area (Å²) < 4.78 is 31.0. The predicted molar refractivity (Wildman–Crippen MR) is 153 cm³/mol. The Kier molecular flexibility index (Phi) is 9.72. The molecule has 0 aliphatic carbocycles. The molecule has 2 atom stereocenters. The normalized spacial score (nSPS) is 18.0. The van der Waals surface area contributed by atoms with E-state index < -0.39 is 25.5 Å². The second kappa shape index (κ2) is 13.0. The van der Waals surface area contributed by atoms with Gasteiger partial charge in [0.2, 0.25) is 0 Å². The number of para-hydroxylation sites is 1. The summed E-state index contributed by atoms with van der Waals surface area (Å²) in [6, 6.07) is 7.98. The number of ether oxygens (including phenoxy) is 2. The molecule has 0 spiro atoms. The molecule has 0 aromatic heterocycles. The number of hydrogen-bond acceptors (Lipinski definition) is 8. The van der Waals surface area contributed by atoms with Gasteiger partial charge < -0.3 is 24.4 Å². The topological polar surface area (TPSA) is 123 Å². The van der Waals surface area contributed by atoms with Crippen molar-refractivity contribution in [1.82, 2.24) is 10.4 Å². The summed E-state index contributed by atoms with van der Waals surface area (Å²) in [7, 11) is -3.61. The van der Waals surface area contributed by atoms with Crippen LogP contribution in [0.3, 0.4) is 0 Å². The van der Waals surface area contributed by atoms with Crippen LogP contribution in [-0.4, -0.2) is 48.4 Å². The number of allylic oxidation sites excluding steroid dienone is 2. The number of carbonyl (C=O) groups excluding carboxylic acids is 2. The number of esters is 2. The Morgan fingerprint density at radius 3 is 2.62 bits per heavy atom. The summed E-state index contributed by atoms with van der Waals surface area (Å²) in [4.78, 5) is 25.1. The Morgan fingerprint density at radius 1 is 1.25 bits per heavy atom. The summed E-state index contributed by atoms with van der Waals surface area (Å²) in [6.45, 7) is 9.15. The number of phenolic OH excluding ortho intramolecular Hbond substituents is 1. The van der Waals surface area contributed by atoms with Crippen LogP contribution in [-0.2, 0) is 38.3 Å². The van der Waals surface area contributed by atoms with Crippen LogP contribution in [0.15, 0.2) is 42.0 Å². The fraction of sp³-hybridized carbons (Fsp3) is 0.467. The highest BCUT2D eigenvalue weighted by molar-refractivity contribution is 7.57. The van der Waals surface area contributed by atoms with Gasteiger partial charge in [0.25, 0.3) is 0 Å². The molecule has 0 amide bonds. The fourth-order valence-corrected chi connectivity index (χ4v) is 7.45. The second-order valence-corrected chi connectivity index (χ2v) is 12.5. The average Bonchev–Trinajstić information content (AvgIpc) is 3.32. The van der Waals surface area contributed by atoms with Gasteiger partial charge in [-0.25, -0.2) is 9.88 Å². The van der Waals surface area contributed by atoms with Gasteiger partial charge in [-0.3, -0.25) is 9.36 Å². The van der Waals surface area contributed by atoms with Gasteiger partial charge >= 0.3 is 19.5 Å². The second-order valence-electron chi connectivity index (χ2n) is 10.4. The number of piperidine rings is 1. The highest BCUT2D eigenvalue weighted by atomic mass is 31.2. The molecule has 2 aliphatic heterocycles. The molecular formula is C30H39N2O7P.